The van der Waals surface area contributed by atoms with Gasteiger partial charge in [0.25, 0.3) is 0 Å². The fourth-order valence-corrected chi connectivity index (χ4v) is 3.26. The van der Waals surface area contributed by atoms with Crippen LogP contribution in [-0.2, 0) is 12.6 Å². The van der Waals surface area contributed by atoms with Gasteiger partial charge in [-0.25, -0.2) is 24.0 Å². The molecule has 2 aromatic carbocycles. The van der Waals surface area contributed by atoms with Crippen LogP contribution in [0.25, 0.3) is 22.6 Å². The SMILES string of the molecule is CN(CCc1ccccc1)n1c(-c2cccc(F)c2)nc2c(C(F)(F)F)ncnc21. The monoisotopic (exact) mass is 415 g/mol. The van der Waals surface area contributed by atoms with E-state index in [0.29, 0.717) is 18.5 Å². The standard InChI is InChI=1S/C21H17F4N5/c1-29(11-10-14-6-3-2-4-7-14)30-19(15-8-5-9-16(22)12-15)28-17-18(21(23,24)25)26-13-27-20(17)30/h2-9,12-13H,10-11H2,1H3. The van der Waals surface area contributed by atoms with Crippen molar-refractivity contribution in [2.75, 3.05) is 18.6 Å². The lowest BCUT2D eigenvalue weighted by Crippen LogP contribution is -2.33. The predicted molar refractivity (Wildman–Crippen MR) is 105 cm³/mol. The van der Waals surface area contributed by atoms with Crippen LogP contribution >= 0.6 is 0 Å². The molecule has 5 nitrogen and oxygen atoms in total. The van der Waals surface area contributed by atoms with Crippen LogP contribution in [0.3, 0.4) is 0 Å². The van der Waals surface area contributed by atoms with Gasteiger partial charge in [0.2, 0.25) is 0 Å². The van der Waals surface area contributed by atoms with Gasteiger partial charge < -0.3 is 5.01 Å². The average molecular weight is 415 g/mol. The van der Waals surface area contributed by atoms with Gasteiger partial charge in [0.05, 0.1) is 0 Å². The van der Waals surface area contributed by atoms with E-state index in [1.54, 1.807) is 18.1 Å². The van der Waals surface area contributed by atoms with Crippen LogP contribution < -0.4 is 5.01 Å². The first-order chi connectivity index (χ1) is 14.3. The molecular formula is C21H17F4N5. The molecule has 9 heteroatoms. The van der Waals surface area contributed by atoms with Crippen LogP contribution in [0.1, 0.15) is 11.3 Å². The minimum Gasteiger partial charge on any atom is -0.312 e. The molecule has 30 heavy (non-hydrogen) atoms. The Bertz CT molecular complexity index is 1170. The van der Waals surface area contributed by atoms with Crippen molar-refractivity contribution >= 4 is 11.2 Å². The van der Waals surface area contributed by atoms with Crippen molar-refractivity contribution in [3.8, 4) is 11.4 Å². The van der Waals surface area contributed by atoms with Crippen molar-refractivity contribution in [1.82, 2.24) is 19.6 Å². The number of likely N-dealkylation sites (N-methyl/N-ethyl adjacent to an activating group) is 1. The molecule has 0 aliphatic rings. The van der Waals surface area contributed by atoms with E-state index in [9.17, 15) is 17.6 Å². The van der Waals surface area contributed by atoms with Crippen molar-refractivity contribution < 1.29 is 17.6 Å². The molecule has 154 valence electrons. The van der Waals surface area contributed by atoms with Gasteiger partial charge in [-0.05, 0) is 24.1 Å². The van der Waals surface area contributed by atoms with Crippen LogP contribution in [-0.4, -0.2) is 33.2 Å². The molecule has 0 saturated carbocycles. The Labute approximate surface area is 169 Å². The van der Waals surface area contributed by atoms with E-state index in [1.807, 2.05) is 30.3 Å². The number of hydrogen-bond acceptors (Lipinski definition) is 4. The summed E-state index contributed by atoms with van der Waals surface area (Å²) in [4.78, 5) is 11.6. The quantitative estimate of drug-likeness (QED) is 0.452. The van der Waals surface area contributed by atoms with Crippen LogP contribution in [0, 0.1) is 5.82 Å². The van der Waals surface area contributed by atoms with Crippen molar-refractivity contribution in [2.24, 2.45) is 0 Å². The van der Waals surface area contributed by atoms with Crippen molar-refractivity contribution in [1.29, 1.82) is 0 Å². The maximum atomic E-state index is 13.8. The number of nitrogens with zero attached hydrogens (tertiary/aromatic N) is 5. The van der Waals surface area contributed by atoms with Crippen LogP contribution in [0.5, 0.6) is 0 Å². The average Bonchev–Trinajstić information content (AvgIpc) is 3.12. The van der Waals surface area contributed by atoms with Crippen LogP contribution in [0.4, 0.5) is 17.6 Å². The Balaban J connectivity index is 1.84. The minimum atomic E-state index is -4.69. The molecule has 0 saturated heterocycles. The topological polar surface area (TPSA) is 46.8 Å². The maximum Gasteiger partial charge on any atom is 0.435 e. The molecule has 0 aliphatic heterocycles. The zero-order chi connectivity index (χ0) is 21.3. The molecule has 0 radical (unpaired) electrons. The highest BCUT2D eigenvalue weighted by atomic mass is 19.4. The number of aromatic nitrogens is 4. The summed E-state index contributed by atoms with van der Waals surface area (Å²) in [5.41, 5.74) is -0.0808. The molecule has 0 bridgehead atoms. The lowest BCUT2D eigenvalue weighted by Gasteiger charge is -2.23. The second kappa shape index (κ2) is 7.74. The highest BCUT2D eigenvalue weighted by molar-refractivity contribution is 5.80. The third kappa shape index (κ3) is 3.83. The number of fused-ring (bicyclic) bond motifs is 1. The molecule has 0 atom stereocenters. The second-order valence-corrected chi connectivity index (χ2v) is 6.77. The molecule has 2 aromatic heterocycles. The lowest BCUT2D eigenvalue weighted by molar-refractivity contribution is -0.140. The summed E-state index contributed by atoms with van der Waals surface area (Å²) in [6, 6.07) is 15.2. The van der Waals surface area contributed by atoms with Crippen molar-refractivity contribution in [3.63, 3.8) is 0 Å². The molecule has 0 aliphatic carbocycles. The number of imidazole rings is 1. The Morgan fingerprint density at radius 2 is 1.77 bits per heavy atom. The number of alkyl halides is 3. The van der Waals surface area contributed by atoms with Gasteiger partial charge in [-0.1, -0.05) is 42.5 Å². The number of halogens is 4. The Morgan fingerprint density at radius 1 is 1.00 bits per heavy atom. The van der Waals surface area contributed by atoms with Gasteiger partial charge in [-0.3, -0.25) is 0 Å². The largest absolute Gasteiger partial charge is 0.435 e. The van der Waals surface area contributed by atoms with E-state index < -0.39 is 17.7 Å². The zero-order valence-electron chi connectivity index (χ0n) is 15.9. The van der Waals surface area contributed by atoms with E-state index in [1.165, 1.54) is 22.9 Å². The Morgan fingerprint density at radius 3 is 2.47 bits per heavy atom. The molecule has 0 N–H and O–H groups in total. The van der Waals surface area contributed by atoms with Crippen LogP contribution in [0.15, 0.2) is 60.9 Å². The van der Waals surface area contributed by atoms with Gasteiger partial charge >= 0.3 is 6.18 Å². The van der Waals surface area contributed by atoms with Crippen molar-refractivity contribution in [3.05, 3.63) is 78.0 Å². The summed E-state index contributed by atoms with van der Waals surface area (Å²) >= 11 is 0. The number of benzene rings is 2. The smallest absolute Gasteiger partial charge is 0.312 e. The third-order valence-electron chi connectivity index (χ3n) is 4.68. The van der Waals surface area contributed by atoms with Crippen molar-refractivity contribution in [2.45, 2.75) is 12.6 Å². The first-order valence-corrected chi connectivity index (χ1v) is 9.16. The molecule has 2 heterocycles. The Kier molecular flexibility index (Phi) is 5.11. The minimum absolute atomic E-state index is 0.00662. The first-order valence-electron chi connectivity index (χ1n) is 9.16. The zero-order valence-corrected chi connectivity index (χ0v) is 15.9. The fraction of sp³-hybridized carbons (Fsp3) is 0.190. The molecule has 0 amide bonds. The molecule has 0 unspecified atom stereocenters. The number of hydrogen-bond donors (Lipinski definition) is 0. The molecular weight excluding hydrogens is 398 g/mol. The van der Waals surface area contributed by atoms with E-state index in [-0.39, 0.29) is 17.0 Å². The van der Waals surface area contributed by atoms with E-state index in [4.69, 9.17) is 0 Å². The number of rotatable bonds is 5. The van der Waals surface area contributed by atoms with Gasteiger partial charge in [0.15, 0.2) is 17.2 Å². The van der Waals surface area contributed by atoms with E-state index in [2.05, 4.69) is 15.0 Å². The summed E-state index contributed by atoms with van der Waals surface area (Å²) in [7, 11) is 1.72. The highest BCUT2D eigenvalue weighted by Gasteiger charge is 2.37. The second-order valence-electron chi connectivity index (χ2n) is 6.77. The van der Waals surface area contributed by atoms with Crippen LogP contribution in [0.2, 0.25) is 0 Å². The van der Waals surface area contributed by atoms with Gasteiger partial charge in [-0.15, -0.1) is 0 Å². The summed E-state index contributed by atoms with van der Waals surface area (Å²) in [5, 5.41) is 1.72. The Hall–Kier alpha value is -3.49. The fourth-order valence-electron chi connectivity index (χ4n) is 3.26. The van der Waals surface area contributed by atoms with E-state index >= 15 is 0 Å². The van der Waals surface area contributed by atoms with E-state index in [0.717, 1.165) is 11.9 Å². The normalized spacial score (nSPS) is 11.8. The third-order valence-corrected chi connectivity index (χ3v) is 4.68. The van der Waals surface area contributed by atoms with Gasteiger partial charge in [-0.2, -0.15) is 13.2 Å². The van der Waals surface area contributed by atoms with Gasteiger partial charge in [0.1, 0.15) is 17.7 Å². The molecule has 4 rings (SSSR count). The summed E-state index contributed by atoms with van der Waals surface area (Å²) in [6.45, 7) is 0.475. The highest BCUT2D eigenvalue weighted by Crippen LogP contribution is 2.34. The maximum absolute atomic E-state index is 13.8. The first kappa shape index (κ1) is 19.8. The lowest BCUT2D eigenvalue weighted by atomic mass is 10.1. The summed E-state index contributed by atoms with van der Waals surface area (Å²) in [5.74, 6) is -0.355. The predicted octanol–water partition coefficient (Wildman–Crippen LogP) is 4.46. The molecule has 0 spiro atoms. The summed E-state index contributed by atoms with van der Waals surface area (Å²) < 4.78 is 55.7. The van der Waals surface area contributed by atoms with Gasteiger partial charge in [0, 0.05) is 19.2 Å². The summed E-state index contributed by atoms with van der Waals surface area (Å²) in [6.07, 6.45) is -3.18. The molecule has 4 aromatic rings. The molecule has 0 fully saturated rings.